The first-order valence-corrected chi connectivity index (χ1v) is 2.88. The van der Waals surface area contributed by atoms with Gasteiger partial charge in [0.15, 0.2) is 0 Å². The Hall–Kier alpha value is -0.0400. The van der Waals surface area contributed by atoms with Crippen molar-refractivity contribution in [2.75, 3.05) is 6.54 Å². The number of nitrogens with zero attached hydrogens (tertiary/aromatic N) is 1. The average Bonchev–Trinajstić information content (AvgIpc) is 1.91. The molecule has 0 aliphatic carbocycles. The Labute approximate surface area is 45.3 Å². The van der Waals surface area contributed by atoms with E-state index in [1.165, 1.54) is 19.4 Å². The van der Waals surface area contributed by atoms with Crippen molar-refractivity contribution in [3.05, 3.63) is 7.05 Å². The Balaban J connectivity index is 2.33. The lowest BCUT2D eigenvalue weighted by Gasteiger charge is -2.11. The number of rotatable bonds is 0. The molecule has 1 radical (unpaired) electrons. The van der Waals surface area contributed by atoms with Crippen LogP contribution in [0.5, 0.6) is 0 Å². The Bertz CT molecular complexity index is 53.2. The molecule has 0 aromatic heterocycles. The molecule has 0 amide bonds. The van der Waals surface area contributed by atoms with Gasteiger partial charge < -0.3 is 0 Å². The molecule has 1 fully saturated rings. The van der Waals surface area contributed by atoms with Crippen molar-refractivity contribution in [1.82, 2.24) is 4.90 Å². The molecule has 0 aromatic carbocycles. The van der Waals surface area contributed by atoms with Gasteiger partial charge in [-0.1, -0.05) is 0 Å². The molecule has 1 aliphatic rings. The Morgan fingerprint density at radius 3 is 2.57 bits per heavy atom. The molecule has 41 valence electrons. The maximum Gasteiger partial charge on any atom is 0.0112 e. The summed E-state index contributed by atoms with van der Waals surface area (Å²) in [6, 6.07) is 0.736. The van der Waals surface area contributed by atoms with Gasteiger partial charge in [-0.15, -0.1) is 0 Å². The first-order valence-electron chi connectivity index (χ1n) is 2.88. The highest BCUT2D eigenvalue weighted by molar-refractivity contribution is 4.73. The van der Waals surface area contributed by atoms with E-state index in [2.05, 4.69) is 18.9 Å². The lowest BCUT2D eigenvalue weighted by molar-refractivity contribution is 0.366. The van der Waals surface area contributed by atoms with E-state index >= 15 is 0 Å². The first-order chi connectivity index (χ1) is 3.30. The molecule has 7 heavy (non-hydrogen) atoms. The van der Waals surface area contributed by atoms with Crippen molar-refractivity contribution < 1.29 is 0 Å². The van der Waals surface area contributed by atoms with Gasteiger partial charge in [-0.05, 0) is 26.3 Å². The van der Waals surface area contributed by atoms with Crippen molar-refractivity contribution in [2.24, 2.45) is 0 Å². The van der Waals surface area contributed by atoms with Gasteiger partial charge in [0.2, 0.25) is 0 Å². The minimum atomic E-state index is 0.736. The number of hydrogen-bond donors (Lipinski definition) is 0. The number of hydrogen-bond acceptors (Lipinski definition) is 1. The third-order valence-electron chi connectivity index (χ3n) is 1.69. The minimum absolute atomic E-state index is 0.736. The van der Waals surface area contributed by atoms with Crippen LogP contribution in [-0.2, 0) is 0 Å². The second-order valence-electron chi connectivity index (χ2n) is 2.30. The lowest BCUT2D eigenvalue weighted by Crippen LogP contribution is -2.18. The van der Waals surface area contributed by atoms with Crippen LogP contribution in [0, 0.1) is 7.05 Å². The van der Waals surface area contributed by atoms with E-state index in [4.69, 9.17) is 0 Å². The molecule has 1 heterocycles. The van der Waals surface area contributed by atoms with E-state index in [0.29, 0.717) is 0 Å². The van der Waals surface area contributed by atoms with Gasteiger partial charge >= 0.3 is 0 Å². The largest absolute Gasteiger partial charge is 0.299 e. The summed E-state index contributed by atoms with van der Waals surface area (Å²) in [6.07, 6.45) is 2.67. The Morgan fingerprint density at radius 2 is 2.43 bits per heavy atom. The third-order valence-corrected chi connectivity index (χ3v) is 1.69. The van der Waals surface area contributed by atoms with E-state index < -0.39 is 0 Å². The molecule has 1 aliphatic heterocycles. The molecule has 0 bridgehead atoms. The molecule has 1 heteroatoms. The molecular formula is C6H12N. The smallest absolute Gasteiger partial charge is 0.0112 e. The molecule has 1 saturated heterocycles. The maximum atomic E-state index is 3.85. The van der Waals surface area contributed by atoms with Crippen LogP contribution in [0.3, 0.4) is 0 Å². The predicted octanol–water partition coefficient (Wildman–Crippen LogP) is 1.26. The molecule has 1 nitrogen and oxygen atoms in total. The summed E-state index contributed by atoms with van der Waals surface area (Å²) < 4.78 is 0. The summed E-state index contributed by atoms with van der Waals surface area (Å²) >= 11 is 0. The molecule has 0 saturated carbocycles. The molecular weight excluding hydrogens is 86.1 g/mol. The monoisotopic (exact) mass is 98.1 g/mol. The maximum absolute atomic E-state index is 3.85. The van der Waals surface area contributed by atoms with Crippen LogP contribution in [0.1, 0.15) is 19.8 Å². The predicted molar refractivity (Wildman–Crippen MR) is 30.8 cm³/mol. The summed E-state index contributed by atoms with van der Waals surface area (Å²) in [5.74, 6) is 0. The zero-order valence-corrected chi connectivity index (χ0v) is 4.85. The minimum Gasteiger partial charge on any atom is -0.299 e. The van der Waals surface area contributed by atoms with E-state index in [-0.39, 0.29) is 0 Å². The van der Waals surface area contributed by atoms with Gasteiger partial charge in [0.1, 0.15) is 0 Å². The Kier molecular flexibility index (Phi) is 1.33. The second-order valence-corrected chi connectivity index (χ2v) is 2.30. The zero-order chi connectivity index (χ0) is 5.28. The topological polar surface area (TPSA) is 3.24 Å². The van der Waals surface area contributed by atoms with E-state index in [1.807, 2.05) is 0 Å². The van der Waals surface area contributed by atoms with Gasteiger partial charge in [0.25, 0.3) is 0 Å². The first kappa shape index (κ1) is 5.10. The molecule has 0 unspecified atom stereocenters. The third kappa shape index (κ3) is 0.942. The molecule has 1 atom stereocenters. The summed E-state index contributed by atoms with van der Waals surface area (Å²) in [5, 5.41) is 0. The zero-order valence-electron chi connectivity index (χ0n) is 4.85. The van der Waals surface area contributed by atoms with Crippen LogP contribution in [-0.4, -0.2) is 17.5 Å². The standard InChI is InChI=1S/C6H12N/c1-6-4-3-5-7(6)2/h6H,2-5H2,1H3/t6-/m0/s1. The fraction of sp³-hybridized carbons (Fsp3) is 0.833. The van der Waals surface area contributed by atoms with Crippen molar-refractivity contribution >= 4 is 0 Å². The van der Waals surface area contributed by atoms with Crippen LogP contribution in [0.2, 0.25) is 0 Å². The normalized spacial score (nSPS) is 34.3. The highest BCUT2D eigenvalue weighted by Crippen LogP contribution is 2.13. The average molecular weight is 98.2 g/mol. The van der Waals surface area contributed by atoms with Crippen molar-refractivity contribution in [3.8, 4) is 0 Å². The molecule has 0 spiro atoms. The van der Waals surface area contributed by atoms with Gasteiger partial charge in [-0.3, -0.25) is 4.90 Å². The van der Waals surface area contributed by atoms with Crippen molar-refractivity contribution in [2.45, 2.75) is 25.8 Å². The van der Waals surface area contributed by atoms with Gasteiger partial charge in [-0.25, -0.2) is 0 Å². The van der Waals surface area contributed by atoms with Crippen LogP contribution in [0.4, 0.5) is 0 Å². The summed E-state index contributed by atoms with van der Waals surface area (Å²) in [7, 11) is 3.85. The lowest BCUT2D eigenvalue weighted by atomic mass is 10.3. The second kappa shape index (κ2) is 1.83. The van der Waals surface area contributed by atoms with Crippen molar-refractivity contribution in [1.29, 1.82) is 0 Å². The highest BCUT2D eigenvalue weighted by atomic mass is 15.1. The molecule has 0 aromatic rings. The van der Waals surface area contributed by atoms with E-state index in [1.54, 1.807) is 0 Å². The quantitative estimate of drug-likeness (QED) is 0.441. The van der Waals surface area contributed by atoms with Gasteiger partial charge in [0, 0.05) is 13.1 Å². The van der Waals surface area contributed by atoms with Gasteiger partial charge in [-0.2, -0.15) is 0 Å². The fourth-order valence-electron chi connectivity index (χ4n) is 0.993. The van der Waals surface area contributed by atoms with Gasteiger partial charge in [0.05, 0.1) is 0 Å². The molecule has 1 rings (SSSR count). The van der Waals surface area contributed by atoms with E-state index in [0.717, 1.165) is 6.04 Å². The van der Waals surface area contributed by atoms with Crippen LogP contribution >= 0.6 is 0 Å². The SMILES string of the molecule is [CH2]N1CCC[C@@H]1C. The Morgan fingerprint density at radius 1 is 1.71 bits per heavy atom. The summed E-state index contributed by atoms with van der Waals surface area (Å²) in [5.41, 5.74) is 0. The molecule has 0 N–H and O–H groups in total. The summed E-state index contributed by atoms with van der Waals surface area (Å²) in [4.78, 5) is 2.15. The fourth-order valence-corrected chi connectivity index (χ4v) is 0.993. The number of likely N-dealkylation sites (tertiary alicyclic amines) is 1. The van der Waals surface area contributed by atoms with Crippen LogP contribution < -0.4 is 0 Å². The van der Waals surface area contributed by atoms with E-state index in [9.17, 15) is 0 Å². The van der Waals surface area contributed by atoms with Crippen LogP contribution in [0.15, 0.2) is 0 Å². The van der Waals surface area contributed by atoms with Crippen molar-refractivity contribution in [3.63, 3.8) is 0 Å². The summed E-state index contributed by atoms with van der Waals surface area (Å²) in [6.45, 7) is 3.42. The highest BCUT2D eigenvalue weighted by Gasteiger charge is 2.14. The van der Waals surface area contributed by atoms with Crippen LogP contribution in [0.25, 0.3) is 0 Å².